The van der Waals surface area contributed by atoms with Crippen LogP contribution in [0.5, 0.6) is 5.75 Å². The third-order valence-electron chi connectivity index (χ3n) is 5.05. The summed E-state index contributed by atoms with van der Waals surface area (Å²) < 4.78 is 45.9. The van der Waals surface area contributed by atoms with Crippen LogP contribution in [0.4, 0.5) is 13.2 Å². The average Bonchev–Trinajstić information content (AvgIpc) is 3.30. The van der Waals surface area contributed by atoms with Crippen LogP contribution in [0.1, 0.15) is 11.1 Å². The molecular weight excluding hydrogens is 477 g/mol. The van der Waals surface area contributed by atoms with E-state index in [2.05, 4.69) is 15.5 Å². The van der Waals surface area contributed by atoms with Crippen LogP contribution in [-0.4, -0.2) is 33.5 Å². The number of carbonyl (C=O) groups excluding carboxylic acids is 1. The quantitative estimate of drug-likeness (QED) is 0.331. The van der Waals surface area contributed by atoms with Crippen molar-refractivity contribution >= 4 is 17.7 Å². The predicted molar refractivity (Wildman–Crippen MR) is 127 cm³/mol. The Bertz CT molecular complexity index is 1310. The Labute approximate surface area is 204 Å². The van der Waals surface area contributed by atoms with Crippen LogP contribution >= 0.6 is 11.8 Å². The topological polar surface area (TPSA) is 69.0 Å². The minimum Gasteiger partial charge on any atom is -0.497 e. The van der Waals surface area contributed by atoms with E-state index >= 15 is 0 Å². The monoisotopic (exact) mass is 498 g/mol. The second kappa shape index (κ2) is 10.6. The third-order valence-corrected chi connectivity index (χ3v) is 5.98. The highest BCUT2D eigenvalue weighted by Crippen LogP contribution is 2.30. The van der Waals surface area contributed by atoms with E-state index in [1.165, 1.54) is 23.9 Å². The van der Waals surface area contributed by atoms with Crippen LogP contribution in [0.3, 0.4) is 0 Å². The summed E-state index contributed by atoms with van der Waals surface area (Å²) in [7, 11) is 1.58. The molecule has 0 fully saturated rings. The lowest BCUT2D eigenvalue weighted by atomic mass is 10.1. The zero-order chi connectivity index (χ0) is 24.8. The number of amides is 1. The Kier molecular flexibility index (Phi) is 7.40. The van der Waals surface area contributed by atoms with Crippen molar-refractivity contribution in [3.05, 3.63) is 90.0 Å². The van der Waals surface area contributed by atoms with Crippen LogP contribution in [-0.2, 0) is 17.5 Å². The molecule has 3 aromatic carbocycles. The maximum atomic E-state index is 12.9. The fourth-order valence-electron chi connectivity index (χ4n) is 3.36. The minimum absolute atomic E-state index is 0.0102. The van der Waals surface area contributed by atoms with Crippen molar-refractivity contribution < 1.29 is 22.7 Å². The number of methoxy groups -OCH3 is 1. The van der Waals surface area contributed by atoms with Gasteiger partial charge in [-0.2, -0.15) is 13.2 Å². The SMILES string of the molecule is COc1cccc(-c2nnc(SCC(=O)NCc3cccc(C(F)(F)F)c3)n2-c2ccccc2)c1. The fourth-order valence-corrected chi connectivity index (χ4v) is 4.14. The number of alkyl halides is 3. The first kappa shape index (κ1) is 24.3. The molecule has 35 heavy (non-hydrogen) atoms. The fraction of sp³-hybridized carbons (Fsp3) is 0.160. The molecular formula is C25H21F3N4O2S. The van der Waals surface area contributed by atoms with E-state index in [9.17, 15) is 18.0 Å². The van der Waals surface area contributed by atoms with Gasteiger partial charge in [0.2, 0.25) is 5.91 Å². The number of hydrogen-bond donors (Lipinski definition) is 1. The molecule has 0 spiro atoms. The third kappa shape index (κ3) is 6.02. The molecule has 1 amide bonds. The van der Waals surface area contributed by atoms with Gasteiger partial charge >= 0.3 is 6.18 Å². The molecule has 1 aromatic heterocycles. The second-order valence-electron chi connectivity index (χ2n) is 7.47. The molecule has 4 rings (SSSR count). The Balaban J connectivity index is 1.49. The number of aromatic nitrogens is 3. The highest BCUT2D eigenvalue weighted by molar-refractivity contribution is 7.99. The van der Waals surface area contributed by atoms with Crippen molar-refractivity contribution in [3.63, 3.8) is 0 Å². The van der Waals surface area contributed by atoms with Gasteiger partial charge in [0, 0.05) is 17.8 Å². The highest BCUT2D eigenvalue weighted by Gasteiger charge is 2.30. The first-order valence-electron chi connectivity index (χ1n) is 10.6. The van der Waals surface area contributed by atoms with Gasteiger partial charge in [-0.05, 0) is 42.0 Å². The molecule has 1 N–H and O–H groups in total. The number of carbonyl (C=O) groups is 1. The summed E-state index contributed by atoms with van der Waals surface area (Å²) in [6.07, 6.45) is -4.43. The van der Waals surface area contributed by atoms with Gasteiger partial charge in [-0.15, -0.1) is 10.2 Å². The summed E-state index contributed by atoms with van der Waals surface area (Å²) in [5.74, 6) is 0.940. The van der Waals surface area contributed by atoms with Crippen molar-refractivity contribution in [1.82, 2.24) is 20.1 Å². The molecule has 0 atom stereocenters. The van der Waals surface area contributed by atoms with Crippen molar-refractivity contribution in [3.8, 4) is 22.8 Å². The molecule has 4 aromatic rings. The van der Waals surface area contributed by atoms with Gasteiger partial charge in [0.05, 0.1) is 18.4 Å². The Morgan fingerprint density at radius 1 is 1.00 bits per heavy atom. The number of ether oxygens (including phenoxy) is 1. The van der Waals surface area contributed by atoms with E-state index in [0.29, 0.717) is 22.3 Å². The number of rotatable bonds is 8. The number of nitrogens with zero attached hydrogens (tertiary/aromatic N) is 3. The summed E-state index contributed by atoms with van der Waals surface area (Å²) in [5, 5.41) is 11.8. The molecule has 0 aliphatic carbocycles. The second-order valence-corrected chi connectivity index (χ2v) is 8.42. The Morgan fingerprint density at radius 2 is 1.77 bits per heavy atom. The van der Waals surface area contributed by atoms with Crippen molar-refractivity contribution in [2.75, 3.05) is 12.9 Å². The van der Waals surface area contributed by atoms with Gasteiger partial charge in [-0.3, -0.25) is 9.36 Å². The van der Waals surface area contributed by atoms with Gasteiger partial charge in [-0.1, -0.05) is 54.2 Å². The molecule has 10 heteroatoms. The molecule has 0 aliphatic heterocycles. The molecule has 6 nitrogen and oxygen atoms in total. The van der Waals surface area contributed by atoms with Crippen molar-refractivity contribution in [2.24, 2.45) is 0 Å². The van der Waals surface area contributed by atoms with Crippen LogP contribution in [0, 0.1) is 0 Å². The van der Waals surface area contributed by atoms with Crippen LogP contribution in [0.15, 0.2) is 84.0 Å². The average molecular weight is 499 g/mol. The first-order chi connectivity index (χ1) is 16.8. The van der Waals surface area contributed by atoms with E-state index in [4.69, 9.17) is 4.74 Å². The predicted octanol–water partition coefficient (Wildman–Crippen LogP) is 5.37. The summed E-state index contributed by atoms with van der Waals surface area (Å²) in [4.78, 5) is 12.5. The number of halogens is 3. The Morgan fingerprint density at radius 3 is 2.51 bits per heavy atom. The molecule has 0 radical (unpaired) electrons. The molecule has 0 unspecified atom stereocenters. The van der Waals surface area contributed by atoms with Gasteiger partial charge in [0.15, 0.2) is 11.0 Å². The molecule has 0 saturated carbocycles. The molecule has 0 saturated heterocycles. The lowest BCUT2D eigenvalue weighted by molar-refractivity contribution is -0.137. The van der Waals surface area contributed by atoms with Gasteiger partial charge in [0.25, 0.3) is 0 Å². The highest BCUT2D eigenvalue weighted by atomic mass is 32.2. The van der Waals surface area contributed by atoms with Crippen molar-refractivity contribution in [1.29, 1.82) is 0 Å². The summed E-state index contributed by atoms with van der Waals surface area (Å²) >= 11 is 1.18. The van der Waals surface area contributed by atoms with E-state index in [0.717, 1.165) is 23.4 Å². The lowest BCUT2D eigenvalue weighted by Gasteiger charge is -2.11. The van der Waals surface area contributed by atoms with Gasteiger partial charge in [-0.25, -0.2) is 0 Å². The van der Waals surface area contributed by atoms with E-state index in [-0.39, 0.29) is 18.2 Å². The van der Waals surface area contributed by atoms with Gasteiger partial charge in [0.1, 0.15) is 5.75 Å². The number of nitrogens with one attached hydrogen (secondary N) is 1. The van der Waals surface area contributed by atoms with Crippen LogP contribution in [0.25, 0.3) is 17.1 Å². The normalized spacial score (nSPS) is 11.3. The molecule has 0 aliphatic rings. The first-order valence-corrected chi connectivity index (χ1v) is 11.5. The molecule has 1 heterocycles. The Hall–Kier alpha value is -3.79. The summed E-state index contributed by atoms with van der Waals surface area (Å²) in [6.45, 7) is -0.0102. The minimum atomic E-state index is -4.43. The maximum absolute atomic E-state index is 12.9. The van der Waals surface area contributed by atoms with Crippen LogP contribution < -0.4 is 10.1 Å². The number of benzene rings is 3. The number of hydrogen-bond acceptors (Lipinski definition) is 5. The standard InChI is InChI=1S/C25H21F3N4O2S/c1-34-21-12-6-8-18(14-21)23-30-31-24(32(23)20-10-3-2-4-11-20)35-16-22(33)29-15-17-7-5-9-19(13-17)25(26,27)28/h2-14H,15-16H2,1H3,(H,29,33). The van der Waals surface area contributed by atoms with Crippen molar-refractivity contribution in [2.45, 2.75) is 17.9 Å². The van der Waals surface area contributed by atoms with Crippen LogP contribution in [0.2, 0.25) is 0 Å². The zero-order valence-electron chi connectivity index (χ0n) is 18.6. The molecule has 180 valence electrons. The summed E-state index contributed by atoms with van der Waals surface area (Å²) in [6, 6.07) is 21.8. The largest absolute Gasteiger partial charge is 0.497 e. The maximum Gasteiger partial charge on any atom is 0.416 e. The van der Waals surface area contributed by atoms with E-state index in [1.807, 2.05) is 59.2 Å². The number of thioether (sulfide) groups is 1. The smallest absolute Gasteiger partial charge is 0.416 e. The lowest BCUT2D eigenvalue weighted by Crippen LogP contribution is -2.25. The van der Waals surface area contributed by atoms with Gasteiger partial charge < -0.3 is 10.1 Å². The van der Waals surface area contributed by atoms with E-state index < -0.39 is 11.7 Å². The van der Waals surface area contributed by atoms with E-state index in [1.54, 1.807) is 7.11 Å². The summed E-state index contributed by atoms with van der Waals surface area (Å²) in [5.41, 5.74) is 1.23. The molecule has 0 bridgehead atoms. The number of para-hydroxylation sites is 1. The zero-order valence-corrected chi connectivity index (χ0v) is 19.4.